The zero-order valence-electron chi connectivity index (χ0n) is 11.8. The number of nitrogens with one attached hydrogen (secondary N) is 1. The Morgan fingerprint density at radius 3 is 2.67 bits per heavy atom. The van der Waals surface area contributed by atoms with E-state index in [1.165, 1.54) is 18.5 Å². The predicted molar refractivity (Wildman–Crippen MR) is 77.9 cm³/mol. The highest BCUT2D eigenvalue weighted by Gasteiger charge is 2.12. The Hall–Kier alpha value is -2.28. The number of aliphatic hydroxyl groups excluding tert-OH is 1. The van der Waals surface area contributed by atoms with Gasteiger partial charge in [-0.15, -0.1) is 5.10 Å². The molecule has 0 bridgehead atoms. The monoisotopic (exact) mass is 287 g/mol. The normalized spacial score (nSPS) is 15.2. The van der Waals surface area contributed by atoms with Gasteiger partial charge in [-0.25, -0.2) is 4.57 Å². The van der Waals surface area contributed by atoms with Crippen molar-refractivity contribution in [2.75, 3.05) is 24.6 Å². The second kappa shape index (κ2) is 6.45. The lowest BCUT2D eigenvalue weighted by atomic mass is 10.2. The van der Waals surface area contributed by atoms with Crippen LogP contribution in [0.4, 0.5) is 17.3 Å². The molecule has 2 N–H and O–H groups in total. The van der Waals surface area contributed by atoms with Crippen molar-refractivity contribution in [3.63, 3.8) is 0 Å². The van der Waals surface area contributed by atoms with E-state index < -0.39 is 0 Å². The van der Waals surface area contributed by atoms with Crippen LogP contribution in [0.5, 0.6) is 0 Å². The van der Waals surface area contributed by atoms with Crippen molar-refractivity contribution in [2.45, 2.75) is 19.4 Å². The number of rotatable bonds is 5. The third-order valence-electron chi connectivity index (χ3n) is 3.56. The molecular formula is C14H19N6O+. The van der Waals surface area contributed by atoms with Crippen LogP contribution in [0.3, 0.4) is 0 Å². The van der Waals surface area contributed by atoms with Gasteiger partial charge < -0.3 is 10.0 Å². The SMILES string of the molecule is OCC[n+]1cn[nH]c1N=Nc1ccc(N2CCCC2)cc1. The van der Waals surface area contributed by atoms with Gasteiger partial charge in [0.1, 0.15) is 0 Å². The number of H-pyrrole nitrogens is 1. The zero-order chi connectivity index (χ0) is 14.5. The van der Waals surface area contributed by atoms with E-state index in [4.69, 9.17) is 5.11 Å². The number of anilines is 1. The smallest absolute Gasteiger partial charge is 0.393 e. The number of benzene rings is 1. The first-order valence-electron chi connectivity index (χ1n) is 7.17. The number of aliphatic hydroxyl groups is 1. The zero-order valence-corrected chi connectivity index (χ0v) is 11.8. The van der Waals surface area contributed by atoms with Crippen LogP contribution in [-0.2, 0) is 6.54 Å². The van der Waals surface area contributed by atoms with E-state index in [0.717, 1.165) is 18.8 Å². The minimum Gasteiger partial charge on any atom is -0.393 e. The van der Waals surface area contributed by atoms with Gasteiger partial charge in [0.25, 0.3) is 0 Å². The quantitative estimate of drug-likeness (QED) is 0.649. The molecule has 2 aromatic rings. The van der Waals surface area contributed by atoms with Gasteiger partial charge in [-0.1, -0.05) is 5.11 Å². The second-order valence-electron chi connectivity index (χ2n) is 5.01. The molecular weight excluding hydrogens is 268 g/mol. The third kappa shape index (κ3) is 3.25. The van der Waals surface area contributed by atoms with Crippen molar-refractivity contribution in [2.24, 2.45) is 10.2 Å². The first-order valence-corrected chi connectivity index (χ1v) is 7.17. The highest BCUT2D eigenvalue weighted by Crippen LogP contribution is 2.23. The van der Waals surface area contributed by atoms with Gasteiger partial charge in [0.2, 0.25) is 6.33 Å². The summed E-state index contributed by atoms with van der Waals surface area (Å²) < 4.78 is 1.71. The summed E-state index contributed by atoms with van der Waals surface area (Å²) in [6.07, 6.45) is 4.12. The molecule has 0 unspecified atom stereocenters. The van der Waals surface area contributed by atoms with Crippen LogP contribution in [0.2, 0.25) is 0 Å². The van der Waals surface area contributed by atoms with Gasteiger partial charge in [-0.3, -0.25) is 0 Å². The van der Waals surface area contributed by atoms with E-state index >= 15 is 0 Å². The van der Waals surface area contributed by atoms with E-state index in [0.29, 0.717) is 12.5 Å². The molecule has 7 heteroatoms. The fourth-order valence-corrected chi connectivity index (χ4v) is 2.44. The molecule has 3 rings (SSSR count). The van der Waals surface area contributed by atoms with Crippen LogP contribution < -0.4 is 9.47 Å². The van der Waals surface area contributed by atoms with E-state index in [2.05, 4.69) is 37.5 Å². The number of nitrogens with zero attached hydrogens (tertiary/aromatic N) is 5. The highest BCUT2D eigenvalue weighted by atomic mass is 16.3. The average Bonchev–Trinajstić information content (AvgIpc) is 3.18. The van der Waals surface area contributed by atoms with Gasteiger partial charge in [0.05, 0.1) is 18.8 Å². The Morgan fingerprint density at radius 1 is 1.19 bits per heavy atom. The van der Waals surface area contributed by atoms with E-state index in [1.807, 2.05) is 12.1 Å². The maximum Gasteiger partial charge on any atom is 0.401 e. The Labute approximate surface area is 123 Å². The van der Waals surface area contributed by atoms with Crippen molar-refractivity contribution in [1.29, 1.82) is 0 Å². The molecule has 1 aliphatic heterocycles. The molecule has 0 radical (unpaired) electrons. The first-order chi connectivity index (χ1) is 10.4. The Bertz CT molecular complexity index is 600. The fraction of sp³-hybridized carbons (Fsp3) is 0.429. The number of aromatic nitrogens is 3. The molecule has 110 valence electrons. The van der Waals surface area contributed by atoms with Gasteiger partial charge in [0.15, 0.2) is 0 Å². The van der Waals surface area contributed by atoms with Crippen LogP contribution in [0.15, 0.2) is 40.8 Å². The molecule has 7 nitrogen and oxygen atoms in total. The maximum absolute atomic E-state index is 8.94. The van der Waals surface area contributed by atoms with Gasteiger partial charge >= 0.3 is 5.95 Å². The fourth-order valence-electron chi connectivity index (χ4n) is 2.44. The molecule has 1 fully saturated rings. The van der Waals surface area contributed by atoms with Gasteiger partial charge in [0, 0.05) is 23.9 Å². The third-order valence-corrected chi connectivity index (χ3v) is 3.56. The summed E-state index contributed by atoms with van der Waals surface area (Å²) in [5.41, 5.74) is 2.03. The number of aromatic amines is 1. The van der Waals surface area contributed by atoms with Crippen molar-refractivity contribution < 1.29 is 9.67 Å². The first kappa shape index (κ1) is 13.7. The largest absolute Gasteiger partial charge is 0.401 e. The van der Waals surface area contributed by atoms with Crippen molar-refractivity contribution in [1.82, 2.24) is 10.2 Å². The van der Waals surface area contributed by atoms with Crippen LogP contribution in [0, 0.1) is 0 Å². The van der Waals surface area contributed by atoms with Crippen molar-refractivity contribution in [3.05, 3.63) is 30.6 Å². The number of hydrogen-bond acceptors (Lipinski definition) is 5. The maximum atomic E-state index is 8.94. The molecule has 1 saturated heterocycles. The molecule has 0 saturated carbocycles. The minimum atomic E-state index is 0.0389. The molecule has 2 heterocycles. The minimum absolute atomic E-state index is 0.0389. The Balaban J connectivity index is 1.69. The standard InChI is InChI=1S/C14H18N6O/c21-10-9-20-11-15-17-14(20)18-16-12-3-5-13(6-4-12)19-7-1-2-8-19/h3-6,11,21H,1-2,7-10H2/p+1. The molecule has 0 atom stereocenters. The van der Waals surface area contributed by atoms with Crippen molar-refractivity contribution >= 4 is 17.3 Å². The topological polar surface area (TPSA) is 80.8 Å². The van der Waals surface area contributed by atoms with Crippen LogP contribution in [0.25, 0.3) is 0 Å². The summed E-state index contributed by atoms with van der Waals surface area (Å²) in [5, 5.41) is 23.9. The van der Waals surface area contributed by atoms with Gasteiger partial charge in [-0.05, 0) is 42.2 Å². The van der Waals surface area contributed by atoms with Crippen LogP contribution >= 0.6 is 0 Å². The summed E-state index contributed by atoms with van der Waals surface area (Å²) in [5.74, 6) is 0.521. The van der Waals surface area contributed by atoms with E-state index in [1.54, 1.807) is 10.9 Å². The van der Waals surface area contributed by atoms with Crippen LogP contribution in [0.1, 0.15) is 12.8 Å². The molecule has 0 aliphatic carbocycles. The lowest BCUT2D eigenvalue weighted by Crippen LogP contribution is -2.33. The second-order valence-corrected chi connectivity index (χ2v) is 5.01. The molecule has 0 spiro atoms. The number of hydrogen-bond donors (Lipinski definition) is 2. The van der Waals surface area contributed by atoms with Crippen molar-refractivity contribution in [3.8, 4) is 0 Å². The average molecular weight is 287 g/mol. The summed E-state index contributed by atoms with van der Waals surface area (Å²) in [6.45, 7) is 2.75. The van der Waals surface area contributed by atoms with E-state index in [-0.39, 0.29) is 6.61 Å². The summed E-state index contributed by atoms with van der Waals surface area (Å²) in [6, 6.07) is 8.08. The molecule has 1 aromatic heterocycles. The van der Waals surface area contributed by atoms with Crippen LogP contribution in [-0.4, -0.2) is 35.0 Å². The molecule has 0 amide bonds. The molecule has 21 heavy (non-hydrogen) atoms. The Kier molecular flexibility index (Phi) is 4.20. The summed E-state index contributed by atoms with van der Waals surface area (Å²) in [7, 11) is 0. The number of azo groups is 1. The summed E-state index contributed by atoms with van der Waals surface area (Å²) in [4.78, 5) is 2.38. The summed E-state index contributed by atoms with van der Waals surface area (Å²) >= 11 is 0. The van der Waals surface area contributed by atoms with Gasteiger partial charge in [-0.2, -0.15) is 0 Å². The molecule has 1 aliphatic rings. The lowest BCUT2D eigenvalue weighted by molar-refractivity contribution is -0.685. The lowest BCUT2D eigenvalue weighted by Gasteiger charge is -2.16. The Morgan fingerprint density at radius 2 is 1.95 bits per heavy atom. The molecule has 1 aromatic carbocycles. The van der Waals surface area contributed by atoms with E-state index in [9.17, 15) is 0 Å². The highest BCUT2D eigenvalue weighted by molar-refractivity contribution is 5.53. The predicted octanol–water partition coefficient (Wildman–Crippen LogP) is 1.71.